The molecule has 0 unspecified atom stereocenters. The fourth-order valence-electron chi connectivity index (χ4n) is 4.35. The van der Waals surface area contributed by atoms with E-state index >= 15 is 0 Å². The van der Waals surface area contributed by atoms with Crippen LogP contribution in [-0.2, 0) is 4.79 Å². The van der Waals surface area contributed by atoms with Gasteiger partial charge in [0.25, 0.3) is 0 Å². The lowest BCUT2D eigenvalue weighted by Crippen LogP contribution is -2.60. The second kappa shape index (κ2) is 5.23. The second-order valence-corrected chi connectivity index (χ2v) is 7.64. The normalized spacial score (nSPS) is 23.8. The minimum Gasteiger partial charge on any atom is -0.351 e. The number of carbonyl (C=O) groups excluding carboxylic acids is 1. The number of nitrogens with zero attached hydrogens (tertiary/aromatic N) is 4. The van der Waals surface area contributed by atoms with Gasteiger partial charge < -0.3 is 15.1 Å². The van der Waals surface area contributed by atoms with Crippen LogP contribution in [0.4, 0.5) is 5.82 Å². The first-order valence-corrected chi connectivity index (χ1v) is 8.76. The molecule has 3 heterocycles. The Morgan fingerprint density at radius 2 is 1.83 bits per heavy atom. The molecule has 0 aromatic carbocycles. The monoisotopic (exact) mass is 317 g/mol. The van der Waals surface area contributed by atoms with Crippen molar-refractivity contribution < 1.29 is 4.79 Å². The Hall–Kier alpha value is -1.56. The average Bonchev–Trinajstić information content (AvgIpc) is 2.73. The van der Waals surface area contributed by atoms with Crippen LogP contribution in [0.2, 0.25) is 0 Å². The zero-order valence-corrected chi connectivity index (χ0v) is 14.4. The Morgan fingerprint density at radius 1 is 1.17 bits per heavy atom. The number of anilines is 1. The molecule has 6 nitrogen and oxygen atoms in total. The van der Waals surface area contributed by atoms with Gasteiger partial charge in [-0.2, -0.15) is 5.10 Å². The summed E-state index contributed by atoms with van der Waals surface area (Å²) < 4.78 is 2.27. The Balaban J connectivity index is 1.48. The van der Waals surface area contributed by atoms with Crippen LogP contribution in [0.3, 0.4) is 0 Å². The van der Waals surface area contributed by atoms with Gasteiger partial charge in [0.2, 0.25) is 5.91 Å². The predicted octanol–water partition coefficient (Wildman–Crippen LogP) is 1.09. The van der Waals surface area contributed by atoms with Gasteiger partial charge in [0.1, 0.15) is 0 Å². The molecule has 1 N–H and O–H groups in total. The third kappa shape index (κ3) is 2.35. The molecule has 0 atom stereocenters. The SMILES string of the molecule is CC(=O)N1CCN(c2nn(C3CC4(CNC4)C3)c(C)c2C)CC1. The van der Waals surface area contributed by atoms with E-state index in [1.54, 1.807) is 6.92 Å². The molecule has 1 aliphatic carbocycles. The Bertz CT molecular complexity index is 617. The molecule has 0 radical (unpaired) electrons. The maximum Gasteiger partial charge on any atom is 0.219 e. The number of aromatic nitrogens is 2. The fourth-order valence-corrected chi connectivity index (χ4v) is 4.35. The Morgan fingerprint density at radius 3 is 2.35 bits per heavy atom. The van der Waals surface area contributed by atoms with E-state index in [2.05, 4.69) is 28.7 Å². The number of hydrogen-bond donors (Lipinski definition) is 1. The number of piperazine rings is 1. The van der Waals surface area contributed by atoms with Gasteiger partial charge in [0.15, 0.2) is 5.82 Å². The first-order valence-electron chi connectivity index (χ1n) is 8.76. The molecule has 3 fully saturated rings. The van der Waals surface area contributed by atoms with E-state index in [0.717, 1.165) is 32.0 Å². The lowest BCUT2D eigenvalue weighted by atomic mass is 9.61. The van der Waals surface area contributed by atoms with Crippen LogP contribution >= 0.6 is 0 Å². The van der Waals surface area contributed by atoms with Crippen LogP contribution in [0.15, 0.2) is 0 Å². The topological polar surface area (TPSA) is 53.4 Å². The van der Waals surface area contributed by atoms with Crippen molar-refractivity contribution in [2.75, 3.05) is 44.2 Å². The lowest BCUT2D eigenvalue weighted by molar-refractivity contribution is -0.129. The molecule has 1 amide bonds. The van der Waals surface area contributed by atoms with E-state index in [1.165, 1.54) is 37.2 Å². The number of rotatable bonds is 2. The van der Waals surface area contributed by atoms with E-state index in [4.69, 9.17) is 5.10 Å². The van der Waals surface area contributed by atoms with Crippen molar-refractivity contribution in [1.82, 2.24) is 20.0 Å². The van der Waals surface area contributed by atoms with Gasteiger partial charge in [-0.25, -0.2) is 0 Å². The van der Waals surface area contributed by atoms with Crippen LogP contribution in [0.5, 0.6) is 0 Å². The molecule has 6 heteroatoms. The lowest BCUT2D eigenvalue weighted by Gasteiger charge is -2.54. The minimum absolute atomic E-state index is 0.178. The first-order chi connectivity index (χ1) is 11.0. The van der Waals surface area contributed by atoms with Gasteiger partial charge in [0, 0.05) is 57.4 Å². The van der Waals surface area contributed by atoms with Crippen LogP contribution in [0.25, 0.3) is 0 Å². The summed E-state index contributed by atoms with van der Waals surface area (Å²) in [6, 6.07) is 0.572. The Kier molecular flexibility index (Phi) is 3.41. The highest BCUT2D eigenvalue weighted by molar-refractivity contribution is 5.73. The summed E-state index contributed by atoms with van der Waals surface area (Å²) in [6.45, 7) is 11.8. The molecule has 3 aliphatic rings. The molecule has 1 saturated carbocycles. The highest BCUT2D eigenvalue weighted by atomic mass is 16.2. The molecule has 1 spiro atoms. The zero-order valence-electron chi connectivity index (χ0n) is 14.4. The van der Waals surface area contributed by atoms with Crippen LogP contribution in [-0.4, -0.2) is 59.9 Å². The van der Waals surface area contributed by atoms with E-state index in [1.807, 2.05) is 4.90 Å². The molecule has 126 valence electrons. The molecular formula is C17H27N5O. The highest BCUT2D eigenvalue weighted by Crippen LogP contribution is 2.51. The van der Waals surface area contributed by atoms with Crippen molar-refractivity contribution in [1.29, 1.82) is 0 Å². The summed E-state index contributed by atoms with van der Waals surface area (Å²) in [5.41, 5.74) is 3.18. The van der Waals surface area contributed by atoms with Gasteiger partial charge in [-0.15, -0.1) is 0 Å². The van der Waals surface area contributed by atoms with Gasteiger partial charge in [0.05, 0.1) is 6.04 Å². The molecule has 2 aliphatic heterocycles. The summed E-state index contributed by atoms with van der Waals surface area (Å²) in [4.78, 5) is 15.8. The third-order valence-electron chi connectivity index (χ3n) is 6.13. The number of carbonyl (C=O) groups is 1. The molecule has 23 heavy (non-hydrogen) atoms. The van der Waals surface area contributed by atoms with Crippen molar-refractivity contribution in [3.8, 4) is 0 Å². The molecule has 0 bridgehead atoms. The standard InChI is InChI=1S/C17H27N5O/c1-12-13(2)22(15-8-17(9-15)10-18-11-17)19-16(12)21-6-4-20(5-7-21)14(3)23/h15,18H,4-11H2,1-3H3. The van der Waals surface area contributed by atoms with Gasteiger partial charge >= 0.3 is 0 Å². The predicted molar refractivity (Wildman–Crippen MR) is 89.7 cm³/mol. The zero-order chi connectivity index (χ0) is 16.2. The summed E-state index contributed by atoms with van der Waals surface area (Å²) in [5.74, 6) is 1.30. The maximum absolute atomic E-state index is 11.5. The van der Waals surface area contributed by atoms with Crippen molar-refractivity contribution in [2.24, 2.45) is 5.41 Å². The van der Waals surface area contributed by atoms with E-state index in [0.29, 0.717) is 11.5 Å². The van der Waals surface area contributed by atoms with Crippen LogP contribution < -0.4 is 10.2 Å². The largest absolute Gasteiger partial charge is 0.351 e. The van der Waals surface area contributed by atoms with E-state index in [9.17, 15) is 4.79 Å². The molecule has 2 saturated heterocycles. The summed E-state index contributed by atoms with van der Waals surface area (Å²) in [6.07, 6.45) is 2.53. The highest BCUT2D eigenvalue weighted by Gasteiger charge is 2.49. The van der Waals surface area contributed by atoms with Crippen molar-refractivity contribution in [3.63, 3.8) is 0 Å². The third-order valence-corrected chi connectivity index (χ3v) is 6.13. The summed E-state index contributed by atoms with van der Waals surface area (Å²) >= 11 is 0. The smallest absolute Gasteiger partial charge is 0.219 e. The van der Waals surface area contributed by atoms with Crippen molar-refractivity contribution in [2.45, 2.75) is 39.7 Å². The summed E-state index contributed by atoms with van der Waals surface area (Å²) in [5, 5.41) is 8.37. The number of amides is 1. The molecule has 4 rings (SSSR count). The summed E-state index contributed by atoms with van der Waals surface area (Å²) in [7, 11) is 0. The number of hydrogen-bond acceptors (Lipinski definition) is 4. The van der Waals surface area contributed by atoms with Gasteiger partial charge in [-0.3, -0.25) is 9.48 Å². The average molecular weight is 317 g/mol. The van der Waals surface area contributed by atoms with E-state index in [-0.39, 0.29) is 5.91 Å². The van der Waals surface area contributed by atoms with E-state index < -0.39 is 0 Å². The number of nitrogens with one attached hydrogen (secondary N) is 1. The van der Waals surface area contributed by atoms with Gasteiger partial charge in [-0.1, -0.05) is 0 Å². The maximum atomic E-state index is 11.5. The Labute approximate surface area is 137 Å². The molecule has 1 aromatic rings. The second-order valence-electron chi connectivity index (χ2n) is 7.64. The molecular weight excluding hydrogens is 290 g/mol. The van der Waals surface area contributed by atoms with Crippen LogP contribution in [0.1, 0.15) is 37.1 Å². The quantitative estimate of drug-likeness (QED) is 0.887. The van der Waals surface area contributed by atoms with Gasteiger partial charge in [-0.05, 0) is 32.1 Å². The van der Waals surface area contributed by atoms with Crippen LogP contribution in [0, 0.1) is 19.3 Å². The van der Waals surface area contributed by atoms with Crippen molar-refractivity contribution in [3.05, 3.63) is 11.3 Å². The minimum atomic E-state index is 0.178. The first kappa shape index (κ1) is 15.0. The fraction of sp³-hybridized carbons (Fsp3) is 0.765. The molecule has 1 aromatic heterocycles. The van der Waals surface area contributed by atoms with Crippen molar-refractivity contribution >= 4 is 11.7 Å².